The normalized spacial score (nSPS) is 12.0. The van der Waals surface area contributed by atoms with Gasteiger partial charge in [-0.15, -0.1) is 0 Å². The Labute approximate surface area is 168 Å². The van der Waals surface area contributed by atoms with E-state index in [-0.39, 0.29) is 6.61 Å². The molecule has 0 saturated heterocycles. The van der Waals surface area contributed by atoms with Crippen molar-refractivity contribution in [3.8, 4) is 17.0 Å². The zero-order valence-electron chi connectivity index (χ0n) is 15.6. The number of benzene rings is 2. The molecule has 1 aromatic heterocycles. The molecule has 7 heteroatoms. The smallest absolute Gasteiger partial charge is 0.332 e. The second-order valence-corrected chi connectivity index (χ2v) is 6.70. The van der Waals surface area contributed by atoms with Crippen LogP contribution in [0, 0.1) is 0 Å². The van der Waals surface area contributed by atoms with Gasteiger partial charge in [-0.25, -0.2) is 4.79 Å². The Kier molecular flexibility index (Phi) is 6.34. The summed E-state index contributed by atoms with van der Waals surface area (Å²) < 4.78 is 12.5. The quantitative estimate of drug-likeness (QED) is 0.611. The lowest BCUT2D eigenvalue weighted by molar-refractivity contribution is -0.149. The molecule has 1 atom stereocenters. The van der Waals surface area contributed by atoms with E-state index in [1.165, 1.54) is 6.92 Å². The average molecular weight is 401 g/mol. The lowest BCUT2D eigenvalue weighted by atomic mass is 10.1. The minimum absolute atomic E-state index is 0.0972. The molecule has 3 rings (SSSR count). The first-order chi connectivity index (χ1) is 13.5. The number of ether oxygens (including phenoxy) is 2. The van der Waals surface area contributed by atoms with Crippen molar-refractivity contribution in [1.29, 1.82) is 0 Å². The van der Waals surface area contributed by atoms with Gasteiger partial charge in [0.15, 0.2) is 6.10 Å². The number of carboxylic acids is 1. The minimum atomic E-state index is -1.01. The van der Waals surface area contributed by atoms with E-state index in [0.29, 0.717) is 17.3 Å². The van der Waals surface area contributed by atoms with Gasteiger partial charge in [-0.3, -0.25) is 4.68 Å². The van der Waals surface area contributed by atoms with Crippen molar-refractivity contribution in [2.45, 2.75) is 26.2 Å². The molecule has 0 aliphatic heterocycles. The Balaban J connectivity index is 1.95. The summed E-state index contributed by atoms with van der Waals surface area (Å²) in [6, 6.07) is 17.1. The number of carbonyl (C=O) groups is 1. The standard InChI is InChI=1S/C21H21ClN2O4/c1-14(21(25)26)28-13-17-11-20(15-7-5-8-18(10-15)27-2)24(23-17)12-16-6-3-4-9-19(16)22/h3-11,14H,12-13H2,1-2H3,(H,25,26). The summed E-state index contributed by atoms with van der Waals surface area (Å²) in [5.74, 6) is -0.274. The van der Waals surface area contributed by atoms with Crippen molar-refractivity contribution in [1.82, 2.24) is 9.78 Å². The Morgan fingerprint density at radius 1 is 1.21 bits per heavy atom. The van der Waals surface area contributed by atoms with Gasteiger partial charge in [0.1, 0.15) is 5.75 Å². The van der Waals surface area contributed by atoms with Crippen molar-refractivity contribution in [2.75, 3.05) is 7.11 Å². The van der Waals surface area contributed by atoms with Crippen LogP contribution in [0.1, 0.15) is 18.2 Å². The fraction of sp³-hybridized carbons (Fsp3) is 0.238. The second kappa shape index (κ2) is 8.91. The molecule has 0 spiro atoms. The highest BCUT2D eigenvalue weighted by Gasteiger charge is 2.16. The largest absolute Gasteiger partial charge is 0.497 e. The topological polar surface area (TPSA) is 73.6 Å². The van der Waals surface area contributed by atoms with E-state index in [0.717, 1.165) is 22.6 Å². The molecule has 0 aliphatic carbocycles. The van der Waals surface area contributed by atoms with Gasteiger partial charge in [-0.05, 0) is 36.8 Å². The molecule has 0 aliphatic rings. The maximum Gasteiger partial charge on any atom is 0.332 e. The molecule has 0 saturated carbocycles. The predicted octanol–water partition coefficient (Wildman–Crippen LogP) is 4.25. The predicted molar refractivity (Wildman–Crippen MR) is 107 cm³/mol. The van der Waals surface area contributed by atoms with Gasteiger partial charge in [0.2, 0.25) is 0 Å². The monoisotopic (exact) mass is 400 g/mol. The molecule has 1 N–H and O–H groups in total. The molecule has 1 heterocycles. The highest BCUT2D eigenvalue weighted by Crippen LogP contribution is 2.27. The lowest BCUT2D eigenvalue weighted by Crippen LogP contribution is -2.19. The van der Waals surface area contributed by atoms with E-state index in [4.69, 9.17) is 26.2 Å². The summed E-state index contributed by atoms with van der Waals surface area (Å²) in [6.45, 7) is 2.06. The maximum absolute atomic E-state index is 11.0. The average Bonchev–Trinajstić information content (AvgIpc) is 3.10. The van der Waals surface area contributed by atoms with Crippen LogP contribution in [0.2, 0.25) is 5.02 Å². The lowest BCUT2D eigenvalue weighted by Gasteiger charge is -2.10. The molecule has 3 aromatic rings. The molecular weight excluding hydrogens is 380 g/mol. The van der Waals surface area contributed by atoms with E-state index in [1.807, 2.05) is 59.3 Å². The summed E-state index contributed by atoms with van der Waals surface area (Å²) in [5, 5.41) is 14.3. The van der Waals surface area contributed by atoms with Crippen molar-refractivity contribution >= 4 is 17.6 Å². The Morgan fingerprint density at radius 2 is 2.00 bits per heavy atom. The first-order valence-electron chi connectivity index (χ1n) is 8.77. The highest BCUT2D eigenvalue weighted by atomic mass is 35.5. The number of nitrogens with zero attached hydrogens (tertiary/aromatic N) is 2. The van der Waals surface area contributed by atoms with Gasteiger partial charge in [0.05, 0.1) is 31.6 Å². The van der Waals surface area contributed by atoms with Gasteiger partial charge in [-0.1, -0.05) is 41.9 Å². The van der Waals surface area contributed by atoms with Crippen LogP contribution in [-0.2, 0) is 22.7 Å². The molecule has 0 fully saturated rings. The Hall–Kier alpha value is -2.83. The van der Waals surface area contributed by atoms with Gasteiger partial charge in [-0.2, -0.15) is 5.10 Å². The van der Waals surface area contributed by atoms with Gasteiger partial charge in [0, 0.05) is 10.6 Å². The minimum Gasteiger partial charge on any atom is -0.497 e. The first-order valence-corrected chi connectivity index (χ1v) is 9.14. The maximum atomic E-state index is 11.0. The second-order valence-electron chi connectivity index (χ2n) is 6.29. The van der Waals surface area contributed by atoms with E-state index in [9.17, 15) is 4.79 Å². The van der Waals surface area contributed by atoms with Crippen molar-refractivity contribution in [3.05, 3.63) is 70.9 Å². The number of rotatable bonds is 8. The van der Waals surface area contributed by atoms with Crippen LogP contribution in [0.15, 0.2) is 54.6 Å². The number of aromatic nitrogens is 2. The Morgan fingerprint density at radius 3 is 2.71 bits per heavy atom. The number of aliphatic carboxylic acids is 1. The molecule has 1 unspecified atom stereocenters. The van der Waals surface area contributed by atoms with Crippen molar-refractivity contribution in [2.24, 2.45) is 0 Å². The number of methoxy groups -OCH3 is 1. The Bertz CT molecular complexity index is 971. The third-order valence-corrected chi connectivity index (χ3v) is 4.67. The van der Waals surface area contributed by atoms with Crippen LogP contribution < -0.4 is 4.74 Å². The van der Waals surface area contributed by atoms with Crippen LogP contribution in [0.5, 0.6) is 5.75 Å². The van der Waals surface area contributed by atoms with E-state index < -0.39 is 12.1 Å². The summed E-state index contributed by atoms with van der Waals surface area (Å²) in [5.41, 5.74) is 3.36. The number of halogens is 1. The fourth-order valence-corrected chi connectivity index (χ4v) is 2.94. The SMILES string of the molecule is COc1cccc(-c2cc(COC(C)C(=O)O)nn2Cc2ccccc2Cl)c1. The third kappa shape index (κ3) is 4.71. The van der Waals surface area contributed by atoms with Gasteiger partial charge >= 0.3 is 5.97 Å². The van der Waals surface area contributed by atoms with Crippen LogP contribution in [0.3, 0.4) is 0 Å². The number of carboxylic acid groups (broad SMARTS) is 1. The molecule has 0 amide bonds. The summed E-state index contributed by atoms with van der Waals surface area (Å²) in [7, 11) is 1.62. The summed E-state index contributed by atoms with van der Waals surface area (Å²) in [4.78, 5) is 11.0. The third-order valence-electron chi connectivity index (χ3n) is 4.30. The van der Waals surface area contributed by atoms with Gasteiger partial charge < -0.3 is 14.6 Å². The molecule has 0 bridgehead atoms. The molecule has 28 heavy (non-hydrogen) atoms. The fourth-order valence-electron chi connectivity index (χ4n) is 2.75. The van der Waals surface area contributed by atoms with Crippen LogP contribution in [0.4, 0.5) is 0 Å². The highest BCUT2D eigenvalue weighted by molar-refractivity contribution is 6.31. The molecular formula is C21H21ClN2O4. The first kappa shape index (κ1) is 19.9. The van der Waals surface area contributed by atoms with Gasteiger partial charge in [0.25, 0.3) is 0 Å². The zero-order chi connectivity index (χ0) is 20.1. The van der Waals surface area contributed by atoms with Crippen molar-refractivity contribution in [3.63, 3.8) is 0 Å². The van der Waals surface area contributed by atoms with Crippen LogP contribution >= 0.6 is 11.6 Å². The zero-order valence-corrected chi connectivity index (χ0v) is 16.4. The van der Waals surface area contributed by atoms with E-state index >= 15 is 0 Å². The van der Waals surface area contributed by atoms with Crippen LogP contribution in [-0.4, -0.2) is 34.1 Å². The molecule has 2 aromatic carbocycles. The molecule has 0 radical (unpaired) electrons. The van der Waals surface area contributed by atoms with Crippen molar-refractivity contribution < 1.29 is 19.4 Å². The van der Waals surface area contributed by atoms with E-state index in [1.54, 1.807) is 7.11 Å². The van der Waals surface area contributed by atoms with Crippen LogP contribution in [0.25, 0.3) is 11.3 Å². The summed E-state index contributed by atoms with van der Waals surface area (Å²) in [6.07, 6.45) is -0.908. The van der Waals surface area contributed by atoms with E-state index in [2.05, 4.69) is 5.10 Å². The number of hydrogen-bond acceptors (Lipinski definition) is 4. The molecule has 146 valence electrons. The number of hydrogen-bond donors (Lipinski definition) is 1. The molecule has 6 nitrogen and oxygen atoms in total. The summed E-state index contributed by atoms with van der Waals surface area (Å²) >= 11 is 6.31.